The van der Waals surface area contributed by atoms with Gasteiger partial charge in [0.05, 0.1) is 11.4 Å². The molecule has 7 nitrogen and oxygen atoms in total. The Bertz CT molecular complexity index is 752. The number of nitrogens with zero attached hydrogens (tertiary/aromatic N) is 3. The molecule has 1 amide bonds. The molecule has 0 bridgehead atoms. The van der Waals surface area contributed by atoms with E-state index in [4.69, 9.17) is 15.0 Å². The fraction of sp³-hybridized carbons (Fsp3) is 0.214. The Balaban J connectivity index is 1.60. The smallest absolute Gasteiger partial charge is 0.261 e. The Kier molecular flexibility index (Phi) is 4.13. The van der Waals surface area contributed by atoms with Crippen molar-refractivity contribution in [1.82, 2.24) is 5.32 Å². The van der Waals surface area contributed by atoms with Crippen LogP contribution in [0.25, 0.3) is 10.4 Å². The second-order valence-corrected chi connectivity index (χ2v) is 5.69. The number of fused-ring (bicyclic) bond motifs is 1. The molecule has 22 heavy (non-hydrogen) atoms. The number of thiophene rings is 1. The summed E-state index contributed by atoms with van der Waals surface area (Å²) in [5, 5.41) is 6.32. The van der Waals surface area contributed by atoms with Gasteiger partial charge in [0.25, 0.3) is 5.91 Å². The Morgan fingerprint density at radius 1 is 1.32 bits per heavy atom. The van der Waals surface area contributed by atoms with Gasteiger partial charge in [-0.15, -0.1) is 11.3 Å². The fourth-order valence-electron chi connectivity index (χ4n) is 2.01. The molecule has 0 radical (unpaired) electrons. The van der Waals surface area contributed by atoms with Gasteiger partial charge in [0.2, 0.25) is 6.79 Å². The molecule has 0 unspecified atom stereocenters. The predicted octanol–water partition coefficient (Wildman–Crippen LogP) is 3.22. The number of carbonyl (C=O) groups excluding carboxylic acids is 1. The van der Waals surface area contributed by atoms with Crippen LogP contribution in [0.2, 0.25) is 0 Å². The highest BCUT2D eigenvalue weighted by Crippen LogP contribution is 2.32. The van der Waals surface area contributed by atoms with Crippen LogP contribution in [0.5, 0.6) is 11.5 Å². The summed E-state index contributed by atoms with van der Waals surface area (Å²) in [7, 11) is 0. The molecule has 0 aliphatic carbocycles. The molecule has 1 aromatic heterocycles. The molecule has 112 valence electrons. The molecule has 0 saturated carbocycles. The molecule has 0 spiro atoms. The second-order valence-electron chi connectivity index (χ2n) is 4.53. The van der Waals surface area contributed by atoms with E-state index in [1.807, 2.05) is 18.2 Å². The lowest BCUT2D eigenvalue weighted by atomic mass is 10.2. The molecule has 8 heteroatoms. The third-order valence-corrected chi connectivity index (χ3v) is 4.13. The maximum absolute atomic E-state index is 12.1. The van der Waals surface area contributed by atoms with Gasteiger partial charge in [-0.25, -0.2) is 0 Å². The van der Waals surface area contributed by atoms with Gasteiger partial charge in [-0.05, 0) is 35.4 Å². The van der Waals surface area contributed by atoms with Crippen LogP contribution in [0.15, 0.2) is 35.4 Å². The van der Waals surface area contributed by atoms with Crippen molar-refractivity contribution in [3.8, 4) is 11.5 Å². The zero-order chi connectivity index (χ0) is 15.4. The van der Waals surface area contributed by atoms with Gasteiger partial charge in [0, 0.05) is 16.3 Å². The summed E-state index contributed by atoms with van der Waals surface area (Å²) < 4.78 is 10.5. The summed E-state index contributed by atoms with van der Waals surface area (Å²) in [6, 6.07) is 9.07. The zero-order valence-electron chi connectivity index (χ0n) is 11.5. The summed E-state index contributed by atoms with van der Waals surface area (Å²) in [5.41, 5.74) is 9.22. The van der Waals surface area contributed by atoms with E-state index in [1.54, 1.807) is 12.1 Å². The van der Waals surface area contributed by atoms with Crippen LogP contribution in [-0.4, -0.2) is 12.7 Å². The zero-order valence-corrected chi connectivity index (χ0v) is 12.3. The normalized spacial score (nSPS) is 11.8. The van der Waals surface area contributed by atoms with Gasteiger partial charge in [-0.2, -0.15) is 0 Å². The van der Waals surface area contributed by atoms with Gasteiger partial charge in [0.15, 0.2) is 11.5 Å². The minimum Gasteiger partial charge on any atom is -0.454 e. The van der Waals surface area contributed by atoms with Crippen molar-refractivity contribution in [3.05, 3.63) is 56.1 Å². The monoisotopic (exact) mass is 316 g/mol. The fourth-order valence-corrected chi connectivity index (χ4v) is 2.85. The van der Waals surface area contributed by atoms with Crippen molar-refractivity contribution in [3.63, 3.8) is 0 Å². The standard InChI is InChI=1S/C14H12N4O3S/c15-18-17-7-10-2-4-13(22-10)14(19)16-6-9-1-3-11-12(5-9)21-8-20-11/h1-5H,6-8H2,(H,16,19). The molecule has 2 aromatic rings. The number of nitrogens with one attached hydrogen (secondary N) is 1. The molecule has 3 rings (SSSR count). The molecule has 1 N–H and O–H groups in total. The van der Waals surface area contributed by atoms with Crippen LogP contribution in [0.3, 0.4) is 0 Å². The van der Waals surface area contributed by atoms with E-state index in [-0.39, 0.29) is 19.2 Å². The number of azide groups is 1. The van der Waals surface area contributed by atoms with Crippen LogP contribution in [0.4, 0.5) is 0 Å². The summed E-state index contributed by atoms with van der Waals surface area (Å²) in [6.07, 6.45) is 0. The maximum atomic E-state index is 12.1. The lowest BCUT2D eigenvalue weighted by Crippen LogP contribution is -2.21. The largest absolute Gasteiger partial charge is 0.454 e. The summed E-state index contributed by atoms with van der Waals surface area (Å²) in [4.78, 5) is 16.2. The lowest BCUT2D eigenvalue weighted by Gasteiger charge is -2.05. The first-order chi connectivity index (χ1) is 10.8. The second kappa shape index (κ2) is 6.38. The minimum atomic E-state index is -0.158. The molecular weight excluding hydrogens is 304 g/mol. The number of amides is 1. The number of hydrogen-bond donors (Lipinski definition) is 1. The molecular formula is C14H12N4O3S. The van der Waals surface area contributed by atoms with E-state index < -0.39 is 0 Å². The van der Waals surface area contributed by atoms with E-state index in [1.165, 1.54) is 11.3 Å². The number of rotatable bonds is 5. The molecule has 2 heterocycles. The van der Waals surface area contributed by atoms with Crippen LogP contribution >= 0.6 is 11.3 Å². The number of ether oxygens (including phenoxy) is 2. The third-order valence-electron chi connectivity index (χ3n) is 3.07. The number of carbonyl (C=O) groups is 1. The topological polar surface area (TPSA) is 96.3 Å². The summed E-state index contributed by atoms with van der Waals surface area (Å²) in [6.45, 7) is 0.893. The van der Waals surface area contributed by atoms with Gasteiger partial charge in [-0.3, -0.25) is 4.79 Å². The number of benzene rings is 1. The van der Waals surface area contributed by atoms with Crippen molar-refractivity contribution in [2.75, 3.05) is 6.79 Å². The Hall–Kier alpha value is -2.70. The highest BCUT2D eigenvalue weighted by molar-refractivity contribution is 7.14. The predicted molar refractivity (Wildman–Crippen MR) is 80.9 cm³/mol. The van der Waals surface area contributed by atoms with Crippen molar-refractivity contribution < 1.29 is 14.3 Å². The van der Waals surface area contributed by atoms with Crippen LogP contribution in [0.1, 0.15) is 20.1 Å². The third kappa shape index (κ3) is 3.13. The maximum Gasteiger partial charge on any atom is 0.261 e. The van der Waals surface area contributed by atoms with Crippen LogP contribution in [0, 0.1) is 0 Å². The van der Waals surface area contributed by atoms with Crippen LogP contribution < -0.4 is 14.8 Å². The first-order valence-corrected chi connectivity index (χ1v) is 7.34. The molecule has 1 aliphatic heterocycles. The molecule has 0 saturated heterocycles. The van der Waals surface area contributed by atoms with Crippen LogP contribution in [-0.2, 0) is 13.1 Å². The van der Waals surface area contributed by atoms with Crippen molar-refractivity contribution >= 4 is 17.2 Å². The van der Waals surface area contributed by atoms with Crippen molar-refractivity contribution in [1.29, 1.82) is 0 Å². The molecule has 0 atom stereocenters. The Morgan fingerprint density at radius 3 is 3.05 bits per heavy atom. The molecule has 0 fully saturated rings. The van der Waals surface area contributed by atoms with Gasteiger partial charge < -0.3 is 14.8 Å². The van der Waals surface area contributed by atoms with E-state index in [0.29, 0.717) is 17.2 Å². The van der Waals surface area contributed by atoms with E-state index in [0.717, 1.165) is 16.2 Å². The quantitative estimate of drug-likeness (QED) is 0.521. The lowest BCUT2D eigenvalue weighted by molar-refractivity contribution is 0.0955. The van der Waals surface area contributed by atoms with E-state index in [2.05, 4.69) is 15.3 Å². The van der Waals surface area contributed by atoms with Crippen molar-refractivity contribution in [2.24, 2.45) is 5.11 Å². The summed E-state index contributed by atoms with van der Waals surface area (Å²) in [5.74, 6) is 1.26. The highest BCUT2D eigenvalue weighted by atomic mass is 32.1. The van der Waals surface area contributed by atoms with Gasteiger partial charge in [0.1, 0.15) is 0 Å². The number of hydrogen-bond acceptors (Lipinski definition) is 5. The average molecular weight is 316 g/mol. The molecule has 1 aromatic carbocycles. The van der Waals surface area contributed by atoms with E-state index >= 15 is 0 Å². The minimum absolute atomic E-state index is 0.158. The Labute approximate surface area is 130 Å². The Morgan fingerprint density at radius 2 is 2.18 bits per heavy atom. The van der Waals surface area contributed by atoms with Crippen molar-refractivity contribution in [2.45, 2.75) is 13.1 Å². The van der Waals surface area contributed by atoms with Gasteiger partial charge >= 0.3 is 0 Å². The average Bonchev–Trinajstić information content (AvgIpc) is 3.19. The van der Waals surface area contributed by atoms with Gasteiger partial charge in [-0.1, -0.05) is 11.2 Å². The first-order valence-electron chi connectivity index (χ1n) is 6.52. The van der Waals surface area contributed by atoms with E-state index in [9.17, 15) is 4.79 Å². The highest BCUT2D eigenvalue weighted by Gasteiger charge is 2.14. The molecule has 1 aliphatic rings. The SMILES string of the molecule is [N-]=[N+]=NCc1ccc(C(=O)NCc2ccc3c(c2)OCO3)s1. The first kappa shape index (κ1) is 14.2. The summed E-state index contributed by atoms with van der Waals surface area (Å²) >= 11 is 1.31.